The SMILES string of the molecule is Cc1c(NN)ncnc1N(C)C1CCS(=O)(=O)C1. The normalized spacial score (nSPS) is 21.8. The smallest absolute Gasteiger partial charge is 0.152 e. The summed E-state index contributed by atoms with van der Waals surface area (Å²) >= 11 is 0. The third kappa shape index (κ3) is 2.39. The van der Waals surface area contributed by atoms with Crippen LogP contribution in [0.3, 0.4) is 0 Å². The zero-order chi connectivity index (χ0) is 13.3. The molecule has 0 saturated carbocycles. The Hall–Kier alpha value is -1.41. The van der Waals surface area contributed by atoms with Crippen LogP contribution in [0.15, 0.2) is 6.33 Å². The van der Waals surface area contributed by atoms with Gasteiger partial charge in [0.05, 0.1) is 11.5 Å². The fourth-order valence-corrected chi connectivity index (χ4v) is 3.97. The second kappa shape index (κ2) is 4.69. The van der Waals surface area contributed by atoms with E-state index in [2.05, 4.69) is 15.4 Å². The van der Waals surface area contributed by atoms with Gasteiger partial charge in [0, 0.05) is 18.7 Å². The van der Waals surface area contributed by atoms with Crippen molar-refractivity contribution in [1.29, 1.82) is 0 Å². The van der Waals surface area contributed by atoms with Crippen LogP contribution in [0.1, 0.15) is 12.0 Å². The molecular formula is C10H17N5O2S. The topological polar surface area (TPSA) is 101 Å². The quantitative estimate of drug-likeness (QED) is 0.574. The minimum atomic E-state index is -2.90. The van der Waals surface area contributed by atoms with Gasteiger partial charge in [0.1, 0.15) is 18.0 Å². The molecule has 2 rings (SSSR count). The van der Waals surface area contributed by atoms with E-state index < -0.39 is 9.84 Å². The maximum atomic E-state index is 11.5. The first kappa shape index (κ1) is 13.0. The van der Waals surface area contributed by atoms with E-state index in [0.717, 1.165) is 5.56 Å². The first-order valence-corrected chi connectivity index (χ1v) is 7.48. The molecule has 0 bridgehead atoms. The van der Waals surface area contributed by atoms with E-state index in [4.69, 9.17) is 5.84 Å². The number of anilines is 2. The number of aromatic nitrogens is 2. The summed E-state index contributed by atoms with van der Waals surface area (Å²) < 4.78 is 23.0. The highest BCUT2D eigenvalue weighted by Gasteiger charge is 2.32. The Morgan fingerprint density at radius 2 is 2.22 bits per heavy atom. The number of rotatable bonds is 3. The average Bonchev–Trinajstić information content (AvgIpc) is 2.69. The van der Waals surface area contributed by atoms with Crippen molar-refractivity contribution in [3.8, 4) is 0 Å². The van der Waals surface area contributed by atoms with Crippen molar-refractivity contribution in [1.82, 2.24) is 9.97 Å². The lowest BCUT2D eigenvalue weighted by Crippen LogP contribution is -2.34. The molecule has 18 heavy (non-hydrogen) atoms. The minimum absolute atomic E-state index is 0.0331. The Morgan fingerprint density at radius 1 is 1.50 bits per heavy atom. The predicted molar refractivity (Wildman–Crippen MR) is 70.0 cm³/mol. The van der Waals surface area contributed by atoms with Gasteiger partial charge in [0.2, 0.25) is 0 Å². The summed E-state index contributed by atoms with van der Waals surface area (Å²) in [5.41, 5.74) is 3.31. The molecule has 0 amide bonds. The van der Waals surface area contributed by atoms with Gasteiger partial charge in [-0.3, -0.25) is 0 Å². The van der Waals surface area contributed by atoms with E-state index >= 15 is 0 Å². The maximum Gasteiger partial charge on any atom is 0.152 e. The van der Waals surface area contributed by atoms with E-state index in [1.807, 2.05) is 18.9 Å². The number of hydrogen-bond acceptors (Lipinski definition) is 7. The molecule has 1 saturated heterocycles. The molecule has 1 fully saturated rings. The van der Waals surface area contributed by atoms with Crippen molar-refractivity contribution in [3.05, 3.63) is 11.9 Å². The third-order valence-corrected chi connectivity index (χ3v) is 5.03. The molecule has 1 unspecified atom stereocenters. The molecule has 8 heteroatoms. The molecule has 1 atom stereocenters. The van der Waals surface area contributed by atoms with Crippen molar-refractivity contribution < 1.29 is 8.42 Å². The fourth-order valence-electron chi connectivity index (χ4n) is 2.20. The fraction of sp³-hybridized carbons (Fsp3) is 0.600. The van der Waals surface area contributed by atoms with Gasteiger partial charge in [-0.05, 0) is 13.3 Å². The molecule has 0 spiro atoms. The van der Waals surface area contributed by atoms with Crippen LogP contribution in [0.4, 0.5) is 11.6 Å². The zero-order valence-corrected chi connectivity index (χ0v) is 11.2. The number of sulfone groups is 1. The average molecular weight is 271 g/mol. The summed E-state index contributed by atoms with van der Waals surface area (Å²) in [7, 11) is -1.05. The summed E-state index contributed by atoms with van der Waals surface area (Å²) in [5, 5.41) is 0. The van der Waals surface area contributed by atoms with E-state index in [1.165, 1.54) is 6.33 Å². The molecular weight excluding hydrogens is 254 g/mol. The van der Waals surface area contributed by atoms with Crippen LogP contribution in [0.5, 0.6) is 0 Å². The van der Waals surface area contributed by atoms with Crippen molar-refractivity contribution in [2.45, 2.75) is 19.4 Å². The molecule has 1 aromatic rings. The van der Waals surface area contributed by atoms with Gasteiger partial charge in [-0.2, -0.15) is 0 Å². The second-order valence-electron chi connectivity index (χ2n) is 4.48. The van der Waals surface area contributed by atoms with Crippen LogP contribution in [0.2, 0.25) is 0 Å². The standard InChI is InChI=1S/C10H17N5O2S/c1-7-9(14-11)12-6-13-10(7)15(2)8-3-4-18(16,17)5-8/h6,8H,3-5,11H2,1-2H3,(H,12,13,14). The summed E-state index contributed by atoms with van der Waals surface area (Å²) in [4.78, 5) is 10.1. The lowest BCUT2D eigenvalue weighted by Gasteiger charge is -2.26. The molecule has 7 nitrogen and oxygen atoms in total. The van der Waals surface area contributed by atoms with Gasteiger partial charge in [0.15, 0.2) is 9.84 Å². The highest BCUT2D eigenvalue weighted by Crippen LogP contribution is 2.26. The number of nitrogen functional groups attached to an aromatic ring is 1. The van der Waals surface area contributed by atoms with Gasteiger partial charge < -0.3 is 10.3 Å². The van der Waals surface area contributed by atoms with Gasteiger partial charge in [-0.25, -0.2) is 24.2 Å². The monoisotopic (exact) mass is 271 g/mol. The van der Waals surface area contributed by atoms with Gasteiger partial charge >= 0.3 is 0 Å². The number of nitrogens with zero attached hydrogens (tertiary/aromatic N) is 3. The molecule has 100 valence electrons. The Bertz CT molecular complexity index is 545. The Labute approximate surface area is 106 Å². The summed E-state index contributed by atoms with van der Waals surface area (Å²) in [6.07, 6.45) is 2.05. The molecule has 3 N–H and O–H groups in total. The molecule has 1 aliphatic heterocycles. The van der Waals surface area contributed by atoms with Crippen LogP contribution in [0, 0.1) is 6.92 Å². The van der Waals surface area contributed by atoms with Crippen LogP contribution < -0.4 is 16.2 Å². The zero-order valence-electron chi connectivity index (χ0n) is 10.4. The molecule has 1 aromatic heterocycles. The second-order valence-corrected chi connectivity index (χ2v) is 6.71. The van der Waals surface area contributed by atoms with Crippen molar-refractivity contribution in [2.75, 3.05) is 28.9 Å². The van der Waals surface area contributed by atoms with Gasteiger partial charge in [-0.15, -0.1) is 0 Å². The van der Waals surface area contributed by atoms with Gasteiger partial charge in [0.25, 0.3) is 0 Å². The van der Waals surface area contributed by atoms with Crippen LogP contribution >= 0.6 is 0 Å². The first-order valence-electron chi connectivity index (χ1n) is 5.66. The minimum Gasteiger partial charge on any atom is -0.355 e. The largest absolute Gasteiger partial charge is 0.355 e. The third-order valence-electron chi connectivity index (χ3n) is 3.28. The van der Waals surface area contributed by atoms with Crippen LogP contribution in [-0.2, 0) is 9.84 Å². The molecule has 2 heterocycles. The van der Waals surface area contributed by atoms with Crippen molar-refractivity contribution >= 4 is 21.5 Å². The molecule has 0 radical (unpaired) electrons. The van der Waals surface area contributed by atoms with Crippen LogP contribution in [0.25, 0.3) is 0 Å². The summed E-state index contributed by atoms with van der Waals surface area (Å²) in [5.74, 6) is 7.04. The Kier molecular flexibility index (Phi) is 3.40. The first-order chi connectivity index (χ1) is 8.44. The summed E-state index contributed by atoms with van der Waals surface area (Å²) in [6.45, 7) is 1.85. The van der Waals surface area contributed by atoms with Gasteiger partial charge in [-0.1, -0.05) is 0 Å². The predicted octanol–water partition coefficient (Wildman–Crippen LogP) is -0.306. The highest BCUT2D eigenvalue weighted by atomic mass is 32.2. The number of nitrogens with one attached hydrogen (secondary N) is 1. The van der Waals surface area contributed by atoms with Crippen molar-refractivity contribution in [2.24, 2.45) is 5.84 Å². The number of hydrogen-bond donors (Lipinski definition) is 2. The Balaban J connectivity index is 2.27. The summed E-state index contributed by atoms with van der Waals surface area (Å²) in [6, 6.07) is -0.0331. The molecule has 0 aliphatic carbocycles. The van der Waals surface area contributed by atoms with Crippen LogP contribution in [-0.4, -0.2) is 43.0 Å². The molecule has 0 aromatic carbocycles. The van der Waals surface area contributed by atoms with Crippen molar-refractivity contribution in [3.63, 3.8) is 0 Å². The highest BCUT2D eigenvalue weighted by molar-refractivity contribution is 7.91. The van der Waals surface area contributed by atoms with E-state index in [9.17, 15) is 8.42 Å². The maximum absolute atomic E-state index is 11.5. The van der Waals surface area contributed by atoms with E-state index in [-0.39, 0.29) is 17.5 Å². The molecule has 1 aliphatic rings. The van der Waals surface area contributed by atoms with E-state index in [0.29, 0.717) is 18.1 Å². The van der Waals surface area contributed by atoms with E-state index in [1.54, 1.807) is 0 Å². The number of nitrogens with two attached hydrogens (primary N) is 1. The number of hydrazine groups is 1. The Morgan fingerprint density at radius 3 is 2.78 bits per heavy atom. The lowest BCUT2D eigenvalue weighted by atomic mass is 10.2. The lowest BCUT2D eigenvalue weighted by molar-refractivity contribution is 0.600.